The first kappa shape index (κ1) is 35.4. The van der Waals surface area contributed by atoms with E-state index in [9.17, 15) is 0 Å². The maximum atomic E-state index is 6.94. The highest BCUT2D eigenvalue weighted by atomic mass is 16.3. The van der Waals surface area contributed by atoms with Crippen molar-refractivity contribution >= 4 is 33.0 Å². The molecule has 0 radical (unpaired) electrons. The lowest BCUT2D eigenvalue weighted by Crippen LogP contribution is -2.12. The molecule has 0 aliphatic rings. The van der Waals surface area contributed by atoms with Crippen molar-refractivity contribution in [2.24, 2.45) is 0 Å². The minimum atomic E-state index is -0.164. The second kappa shape index (κ2) is 13.8. The van der Waals surface area contributed by atoms with Crippen molar-refractivity contribution in [1.29, 1.82) is 0 Å². The maximum Gasteiger partial charge on any atom is 0.149 e. The number of hydrogen-bond donors (Lipinski definition) is 0. The van der Waals surface area contributed by atoms with E-state index >= 15 is 0 Å². The number of hydrogen-bond acceptors (Lipinski definition) is 3. The molecule has 0 atom stereocenters. The molecule has 4 heteroatoms. The molecule has 0 aliphatic heterocycles. The van der Waals surface area contributed by atoms with Gasteiger partial charge in [-0.3, -0.25) is 9.55 Å². The van der Waals surface area contributed by atoms with Gasteiger partial charge in [0.15, 0.2) is 0 Å². The van der Waals surface area contributed by atoms with Gasteiger partial charge in [0.2, 0.25) is 0 Å². The fourth-order valence-electron chi connectivity index (χ4n) is 8.21. The van der Waals surface area contributed by atoms with E-state index in [1.54, 1.807) is 0 Å². The van der Waals surface area contributed by atoms with Gasteiger partial charge in [0.05, 0.1) is 28.5 Å². The van der Waals surface area contributed by atoms with Crippen LogP contribution in [0.25, 0.3) is 83.4 Å². The van der Waals surface area contributed by atoms with E-state index in [4.69, 9.17) is 14.4 Å². The molecule has 0 spiro atoms. The molecule has 0 bridgehead atoms. The second-order valence-electron chi connectivity index (χ2n) is 16.7. The van der Waals surface area contributed by atoms with Crippen molar-refractivity contribution in [3.63, 3.8) is 0 Å². The van der Waals surface area contributed by atoms with Crippen molar-refractivity contribution in [3.05, 3.63) is 163 Å². The number of furan rings is 1. The number of pyridine rings is 1. The molecule has 0 fully saturated rings. The van der Waals surface area contributed by atoms with Crippen LogP contribution in [0.5, 0.6) is 0 Å². The quantitative estimate of drug-likeness (QED) is 0.164. The van der Waals surface area contributed by atoms with E-state index < -0.39 is 0 Å². The van der Waals surface area contributed by atoms with Crippen LogP contribution < -0.4 is 0 Å². The van der Waals surface area contributed by atoms with Gasteiger partial charge in [0, 0.05) is 22.5 Å². The van der Waals surface area contributed by atoms with Crippen LogP contribution in [0.2, 0.25) is 0 Å². The van der Waals surface area contributed by atoms with Gasteiger partial charge in [-0.2, -0.15) is 0 Å². The Hall–Kier alpha value is -6.26. The molecule has 9 rings (SSSR count). The average molecular weight is 730 g/mol. The van der Waals surface area contributed by atoms with Gasteiger partial charge in [0.25, 0.3) is 0 Å². The van der Waals surface area contributed by atoms with E-state index in [0.29, 0.717) is 0 Å². The highest BCUT2D eigenvalue weighted by molar-refractivity contribution is 6.10. The maximum absolute atomic E-state index is 6.94. The summed E-state index contributed by atoms with van der Waals surface area (Å²) in [5.74, 6) is 1.35. The molecule has 0 saturated heterocycles. The van der Waals surface area contributed by atoms with Crippen molar-refractivity contribution < 1.29 is 4.42 Å². The van der Waals surface area contributed by atoms with Crippen molar-refractivity contribution in [2.45, 2.75) is 65.7 Å². The van der Waals surface area contributed by atoms with Gasteiger partial charge in [-0.05, 0) is 92.1 Å². The Balaban J connectivity index is 1.28. The van der Waals surface area contributed by atoms with Gasteiger partial charge in [-0.25, -0.2) is 4.98 Å². The van der Waals surface area contributed by atoms with Crippen LogP contribution in [0.4, 0.5) is 0 Å². The van der Waals surface area contributed by atoms with Crippen molar-refractivity contribution in [1.82, 2.24) is 14.5 Å². The molecule has 0 aliphatic carbocycles. The zero-order chi connectivity index (χ0) is 38.7. The molecule has 3 aromatic heterocycles. The Bertz CT molecular complexity index is 2840. The number of fused-ring (bicyclic) bond motifs is 4. The van der Waals surface area contributed by atoms with Gasteiger partial charge < -0.3 is 4.42 Å². The van der Waals surface area contributed by atoms with Crippen LogP contribution in [0.3, 0.4) is 0 Å². The largest absolute Gasteiger partial charge is 0.455 e. The first-order valence-corrected chi connectivity index (χ1v) is 19.8. The zero-order valence-electron chi connectivity index (χ0n) is 33.3. The number of aromatic nitrogens is 3. The third-order valence-corrected chi connectivity index (χ3v) is 11.2. The molecule has 3 heterocycles. The fraction of sp³-hybridized carbons (Fsp3) is 0.192. The van der Waals surface area contributed by atoms with Gasteiger partial charge in [0.1, 0.15) is 17.0 Å². The Morgan fingerprint density at radius 3 is 1.73 bits per heavy atom. The summed E-state index contributed by atoms with van der Waals surface area (Å²) in [5.41, 5.74) is 16.4. The standard InChI is InChI=1S/C52H47N3O/c1-32(2)43-27-39(35-17-12-9-13-18-35)28-44(33(3)4)49(43)55-46-31-53-30-45(52(5,6)7)48(46)54-51(55)42-20-14-19-41-40-26-25-38(29-47(40)56-50(41)42)37-23-21-36(22-24-37)34-15-10-8-11-16-34/h8-33H,1-7H3. The van der Waals surface area contributed by atoms with Gasteiger partial charge in [-0.1, -0.05) is 152 Å². The zero-order valence-corrected chi connectivity index (χ0v) is 33.3. The third-order valence-electron chi connectivity index (χ3n) is 11.2. The van der Waals surface area contributed by atoms with Gasteiger partial charge in [-0.15, -0.1) is 0 Å². The number of benzene rings is 6. The summed E-state index contributed by atoms with van der Waals surface area (Å²) in [6.07, 6.45) is 3.98. The minimum Gasteiger partial charge on any atom is -0.455 e. The predicted octanol–water partition coefficient (Wildman–Crippen LogP) is 14.5. The van der Waals surface area contributed by atoms with E-state index in [2.05, 4.69) is 186 Å². The number of nitrogens with zero attached hydrogens (tertiary/aromatic N) is 3. The van der Waals surface area contributed by atoms with Crippen LogP contribution in [0, 0.1) is 0 Å². The lowest BCUT2D eigenvalue weighted by Gasteiger charge is -2.24. The minimum absolute atomic E-state index is 0.164. The SMILES string of the molecule is CC(C)c1cc(-c2ccccc2)cc(C(C)C)c1-n1c(-c2cccc3c2oc2cc(-c4ccc(-c5ccccc5)cc4)ccc23)nc2c(C(C)(C)C)cncc21. The second-order valence-corrected chi connectivity index (χ2v) is 16.7. The van der Waals surface area contributed by atoms with Gasteiger partial charge >= 0.3 is 0 Å². The summed E-state index contributed by atoms with van der Waals surface area (Å²) in [5, 5.41) is 2.16. The van der Waals surface area contributed by atoms with Crippen molar-refractivity contribution in [3.8, 4) is 50.5 Å². The summed E-state index contributed by atoms with van der Waals surface area (Å²) in [4.78, 5) is 10.4. The highest BCUT2D eigenvalue weighted by Gasteiger charge is 2.28. The molecular weight excluding hydrogens is 683 g/mol. The molecule has 0 unspecified atom stereocenters. The van der Waals surface area contributed by atoms with E-state index in [1.165, 1.54) is 39.1 Å². The molecule has 56 heavy (non-hydrogen) atoms. The first-order valence-electron chi connectivity index (χ1n) is 19.8. The van der Waals surface area contributed by atoms with E-state index in [1.807, 2.05) is 12.4 Å². The number of para-hydroxylation sites is 1. The summed E-state index contributed by atoms with van der Waals surface area (Å²) >= 11 is 0. The average Bonchev–Trinajstić information content (AvgIpc) is 3.79. The first-order chi connectivity index (χ1) is 27.1. The summed E-state index contributed by atoms with van der Waals surface area (Å²) < 4.78 is 9.33. The Kier molecular flexibility index (Phi) is 8.73. The Morgan fingerprint density at radius 2 is 1.12 bits per heavy atom. The third kappa shape index (κ3) is 6.10. The lowest BCUT2D eigenvalue weighted by atomic mass is 9.87. The molecular formula is C52H47N3O. The highest BCUT2D eigenvalue weighted by Crippen LogP contribution is 2.44. The van der Waals surface area contributed by atoms with E-state index in [-0.39, 0.29) is 17.3 Å². The normalized spacial score (nSPS) is 12.2. The molecule has 6 aromatic carbocycles. The molecule has 0 amide bonds. The predicted molar refractivity (Wildman–Crippen MR) is 235 cm³/mol. The molecule has 4 nitrogen and oxygen atoms in total. The van der Waals surface area contributed by atoms with Crippen LogP contribution >= 0.6 is 0 Å². The van der Waals surface area contributed by atoms with Crippen LogP contribution in [-0.4, -0.2) is 14.5 Å². The van der Waals surface area contributed by atoms with Crippen LogP contribution in [-0.2, 0) is 5.41 Å². The summed E-state index contributed by atoms with van der Waals surface area (Å²) in [7, 11) is 0. The molecule has 0 N–H and O–H groups in total. The summed E-state index contributed by atoms with van der Waals surface area (Å²) in [6.45, 7) is 15.9. The molecule has 0 saturated carbocycles. The number of rotatable bonds is 7. The Morgan fingerprint density at radius 1 is 0.554 bits per heavy atom. The molecule has 9 aromatic rings. The smallest absolute Gasteiger partial charge is 0.149 e. The topological polar surface area (TPSA) is 43.9 Å². The Labute approximate surface area is 329 Å². The lowest BCUT2D eigenvalue weighted by molar-refractivity contribution is 0.592. The summed E-state index contributed by atoms with van der Waals surface area (Å²) in [6, 6.07) is 47.8. The molecule has 276 valence electrons. The fourth-order valence-corrected chi connectivity index (χ4v) is 8.21. The van der Waals surface area contributed by atoms with E-state index in [0.717, 1.165) is 61.1 Å². The van der Waals surface area contributed by atoms with Crippen molar-refractivity contribution in [2.75, 3.05) is 0 Å². The van der Waals surface area contributed by atoms with Crippen LogP contribution in [0.1, 0.15) is 77.0 Å². The monoisotopic (exact) mass is 729 g/mol. The van der Waals surface area contributed by atoms with Crippen LogP contribution in [0.15, 0.2) is 150 Å². The number of imidazole rings is 1.